The number of aliphatic hydroxyl groups is 3. The fourth-order valence-electron chi connectivity index (χ4n) is 3.40. The average Bonchev–Trinajstić information content (AvgIpc) is 3.11. The van der Waals surface area contributed by atoms with E-state index in [4.69, 9.17) is 24.8 Å². The number of hydrogen-bond donors (Lipinski definition) is 5. The van der Waals surface area contributed by atoms with Crippen LogP contribution in [0.25, 0.3) is 10.4 Å². The largest absolute Gasteiger partial charge is 0.479 e. The highest BCUT2D eigenvalue weighted by Gasteiger charge is 2.48. The first-order valence-corrected chi connectivity index (χ1v) is 9.19. The summed E-state index contributed by atoms with van der Waals surface area (Å²) in [5, 5.41) is 42.3. The molecule has 3 rings (SSSR count). The number of carboxylic acid groups (broad SMARTS) is 1. The second kappa shape index (κ2) is 9.15. The maximum Gasteiger partial charge on any atom is 0.335 e. The number of aliphatic carboxylic acids is 1. The Labute approximate surface area is 173 Å². The molecule has 0 aliphatic carbocycles. The van der Waals surface area contributed by atoms with Crippen molar-refractivity contribution in [3.63, 3.8) is 0 Å². The highest BCUT2D eigenvalue weighted by molar-refractivity contribution is 5.73. The molecule has 1 aromatic rings. The van der Waals surface area contributed by atoms with Gasteiger partial charge in [-0.15, -0.1) is 0 Å². The first kappa shape index (κ1) is 22.9. The minimum absolute atomic E-state index is 0.0661. The van der Waals surface area contributed by atoms with Crippen molar-refractivity contribution in [2.24, 2.45) is 5.11 Å². The van der Waals surface area contributed by atoms with Gasteiger partial charge in [0.1, 0.15) is 24.5 Å². The third-order valence-corrected chi connectivity index (χ3v) is 5.10. The third-order valence-electron chi connectivity index (χ3n) is 5.10. The molecule has 5 N–H and O–H groups in total. The molecule has 3 heterocycles. The van der Waals surface area contributed by atoms with Gasteiger partial charge < -0.3 is 34.6 Å². The molecule has 0 amide bonds. The van der Waals surface area contributed by atoms with Crippen LogP contribution >= 0.6 is 0 Å². The molecule has 0 aromatic carbocycles. The number of rotatable bonds is 6. The first-order chi connectivity index (χ1) is 14.6. The molecule has 0 bridgehead atoms. The second-order valence-electron chi connectivity index (χ2n) is 7.18. The zero-order valence-corrected chi connectivity index (χ0v) is 16.1. The fourth-order valence-corrected chi connectivity index (χ4v) is 3.40. The van der Waals surface area contributed by atoms with Gasteiger partial charge in [0, 0.05) is 23.1 Å². The Morgan fingerprint density at radius 2 is 2.03 bits per heavy atom. The molecular formula is C16H21N5O10. The molecular weight excluding hydrogens is 422 g/mol. The number of nitrogens with zero attached hydrogens (tertiary/aromatic N) is 4. The van der Waals surface area contributed by atoms with E-state index in [0.717, 1.165) is 4.57 Å². The van der Waals surface area contributed by atoms with Gasteiger partial charge in [0.05, 0.1) is 18.8 Å². The number of aliphatic hydroxyl groups excluding tert-OH is 3. The normalized spacial score (nSPS) is 35.5. The van der Waals surface area contributed by atoms with Crippen LogP contribution in [0.4, 0.5) is 0 Å². The first-order valence-electron chi connectivity index (χ1n) is 9.19. The lowest BCUT2D eigenvalue weighted by molar-refractivity contribution is -0.298. The van der Waals surface area contributed by atoms with Crippen molar-refractivity contribution < 1.29 is 39.4 Å². The van der Waals surface area contributed by atoms with Gasteiger partial charge >= 0.3 is 11.7 Å². The maximum absolute atomic E-state index is 12.1. The summed E-state index contributed by atoms with van der Waals surface area (Å²) in [5.41, 5.74) is 7.79. The maximum atomic E-state index is 12.1. The number of carbonyl (C=O) groups is 1. The smallest absolute Gasteiger partial charge is 0.335 e. The minimum atomic E-state index is -1.87. The Hall–Kier alpha value is -2.78. The number of H-pyrrole nitrogens is 1. The predicted molar refractivity (Wildman–Crippen MR) is 97.8 cm³/mol. The Morgan fingerprint density at radius 3 is 2.68 bits per heavy atom. The van der Waals surface area contributed by atoms with Crippen molar-refractivity contribution in [3.8, 4) is 0 Å². The van der Waals surface area contributed by atoms with E-state index in [9.17, 15) is 29.7 Å². The number of carboxylic acids is 1. The molecule has 2 saturated heterocycles. The average molecular weight is 443 g/mol. The van der Waals surface area contributed by atoms with Gasteiger partial charge in [-0.3, -0.25) is 14.3 Å². The Bertz CT molecular complexity index is 988. The van der Waals surface area contributed by atoms with Crippen molar-refractivity contribution in [1.29, 1.82) is 0 Å². The van der Waals surface area contributed by atoms with Gasteiger partial charge in [0.2, 0.25) is 0 Å². The molecule has 0 spiro atoms. The summed E-state index contributed by atoms with van der Waals surface area (Å²) in [6, 6.07) is -0.805. The molecule has 2 aliphatic rings. The molecule has 8 atom stereocenters. The molecule has 2 unspecified atom stereocenters. The van der Waals surface area contributed by atoms with E-state index >= 15 is 0 Å². The van der Waals surface area contributed by atoms with Crippen LogP contribution in [0.15, 0.2) is 20.9 Å². The molecule has 170 valence electrons. The van der Waals surface area contributed by atoms with Crippen LogP contribution in [-0.2, 0) is 19.0 Å². The number of aryl methyl sites for hydroxylation is 1. The molecule has 15 nitrogen and oxygen atoms in total. The van der Waals surface area contributed by atoms with Gasteiger partial charge in [-0.05, 0) is 12.5 Å². The predicted octanol–water partition coefficient (Wildman–Crippen LogP) is -2.28. The van der Waals surface area contributed by atoms with Crippen LogP contribution in [0.3, 0.4) is 0 Å². The second-order valence-corrected chi connectivity index (χ2v) is 7.18. The van der Waals surface area contributed by atoms with Crippen molar-refractivity contribution >= 4 is 5.97 Å². The highest BCUT2D eigenvalue weighted by atomic mass is 16.7. The Balaban J connectivity index is 1.74. The van der Waals surface area contributed by atoms with E-state index < -0.39 is 66.3 Å². The van der Waals surface area contributed by atoms with Crippen LogP contribution in [0.2, 0.25) is 0 Å². The van der Waals surface area contributed by atoms with E-state index in [-0.39, 0.29) is 18.6 Å². The van der Waals surface area contributed by atoms with Crippen LogP contribution in [-0.4, -0.2) is 85.4 Å². The van der Waals surface area contributed by atoms with Gasteiger partial charge in [0.15, 0.2) is 12.4 Å². The van der Waals surface area contributed by atoms with Gasteiger partial charge in [-0.1, -0.05) is 5.11 Å². The molecule has 2 fully saturated rings. The molecule has 0 radical (unpaired) electrons. The van der Waals surface area contributed by atoms with Crippen molar-refractivity contribution in [2.75, 3.05) is 6.61 Å². The van der Waals surface area contributed by atoms with E-state index in [1.54, 1.807) is 0 Å². The topological polar surface area (TPSA) is 229 Å². The summed E-state index contributed by atoms with van der Waals surface area (Å²) in [5.74, 6) is -1.57. The number of azide groups is 1. The lowest BCUT2D eigenvalue weighted by atomic mass is 9.99. The molecule has 31 heavy (non-hydrogen) atoms. The van der Waals surface area contributed by atoms with Gasteiger partial charge in [-0.25, -0.2) is 9.59 Å². The summed E-state index contributed by atoms with van der Waals surface area (Å²) < 4.78 is 17.2. The number of ether oxygens (including phenoxy) is 3. The zero-order chi connectivity index (χ0) is 22.9. The van der Waals surface area contributed by atoms with Crippen molar-refractivity contribution in [2.45, 2.75) is 62.4 Å². The summed E-state index contributed by atoms with van der Waals surface area (Å²) in [6.45, 7) is 1.13. The lowest BCUT2D eigenvalue weighted by Gasteiger charge is -2.38. The monoisotopic (exact) mass is 443 g/mol. The highest BCUT2D eigenvalue weighted by Crippen LogP contribution is 2.31. The Kier molecular flexibility index (Phi) is 6.76. The molecule has 0 saturated carbocycles. The van der Waals surface area contributed by atoms with Crippen molar-refractivity contribution in [1.82, 2.24) is 9.55 Å². The standard InChI is InChI=1S/C16H21N5O10/c1-5-3-21(16(28)18-13(5)25)8-2-6(19-20-17)7(30-8)4-29-15-11(24)9(22)10(23)12(31-15)14(26)27/h3,6-12,15,22-24H,2,4H2,1H3,(H,26,27)(H,18,25,28)/t6-,7-,8-,9-,10+,11?,12?,15-/m1/s1. The number of aromatic amines is 1. The van der Waals surface area contributed by atoms with Crippen molar-refractivity contribution in [3.05, 3.63) is 43.0 Å². The van der Waals surface area contributed by atoms with Crippen LogP contribution in [0, 0.1) is 6.92 Å². The SMILES string of the molecule is Cc1cn([C@H]2C[C@@H](N=[N+]=[N-])[C@@H](CO[C@@H]3OC(C(=O)O)[C@@H](O)[C@@H](O)C3O)O2)c(=O)[nH]c1=O. The number of hydrogen-bond acceptors (Lipinski definition) is 10. The Morgan fingerprint density at radius 1 is 1.32 bits per heavy atom. The summed E-state index contributed by atoms with van der Waals surface area (Å²) in [7, 11) is 0. The fraction of sp³-hybridized carbons (Fsp3) is 0.688. The minimum Gasteiger partial charge on any atom is -0.479 e. The lowest BCUT2D eigenvalue weighted by Crippen LogP contribution is -2.60. The van der Waals surface area contributed by atoms with Crippen LogP contribution in [0.5, 0.6) is 0 Å². The molecule has 2 aliphatic heterocycles. The van der Waals surface area contributed by atoms with Gasteiger partial charge in [0.25, 0.3) is 5.56 Å². The molecule has 15 heteroatoms. The summed E-state index contributed by atoms with van der Waals surface area (Å²) in [4.78, 5) is 39.7. The quantitative estimate of drug-likeness (QED) is 0.180. The summed E-state index contributed by atoms with van der Waals surface area (Å²) >= 11 is 0. The van der Waals surface area contributed by atoms with E-state index in [1.165, 1.54) is 13.1 Å². The van der Waals surface area contributed by atoms with E-state index in [0.29, 0.717) is 0 Å². The number of nitrogens with one attached hydrogen (secondary N) is 1. The van der Waals surface area contributed by atoms with E-state index in [2.05, 4.69) is 15.0 Å². The molecule has 1 aromatic heterocycles. The number of aromatic nitrogens is 2. The van der Waals surface area contributed by atoms with E-state index in [1.807, 2.05) is 0 Å². The third kappa shape index (κ3) is 4.62. The van der Waals surface area contributed by atoms with Crippen LogP contribution in [0.1, 0.15) is 18.2 Å². The summed E-state index contributed by atoms with van der Waals surface area (Å²) in [6.07, 6.45) is -9.39. The zero-order valence-electron chi connectivity index (χ0n) is 16.1. The van der Waals surface area contributed by atoms with Gasteiger partial charge in [-0.2, -0.15) is 0 Å². The van der Waals surface area contributed by atoms with Crippen LogP contribution < -0.4 is 11.2 Å².